The molecule has 2 N–H and O–H groups in total. The molecule has 0 aromatic carbocycles. The smallest absolute Gasteiger partial charge is 0.242 e. The molecule has 5 nitrogen and oxygen atoms in total. The molecule has 0 fully saturated rings. The van der Waals surface area contributed by atoms with Gasteiger partial charge in [0.05, 0.1) is 12.3 Å². The zero-order valence-electron chi connectivity index (χ0n) is 8.95. The second kappa shape index (κ2) is 5.93. The lowest BCUT2D eigenvalue weighted by Crippen LogP contribution is -2.00. The molecular weight excluding hydrogens is 267 g/mol. The number of rotatable bonds is 5. The van der Waals surface area contributed by atoms with Gasteiger partial charge in [0, 0.05) is 11.8 Å². The van der Waals surface area contributed by atoms with E-state index in [-0.39, 0.29) is 0 Å². The maximum Gasteiger partial charge on any atom is 0.242 e. The average Bonchev–Trinajstić information content (AvgIpc) is 2.13. The standard InChI is InChI=1S/C8H13N2O3PS2/c1-3-13-8-4-7(9-6(2)10-8)5-16-14(11,12)15/h4H,3,5H2,1-2H3,(H2,11,12,15). The average molecular weight is 280 g/mol. The van der Waals surface area contributed by atoms with Crippen molar-refractivity contribution in [3.63, 3.8) is 0 Å². The summed E-state index contributed by atoms with van der Waals surface area (Å²) in [6.07, 6.45) is 0. The van der Waals surface area contributed by atoms with Crippen molar-refractivity contribution in [1.29, 1.82) is 0 Å². The Kier molecular flexibility index (Phi) is 5.14. The van der Waals surface area contributed by atoms with E-state index in [1.54, 1.807) is 13.0 Å². The van der Waals surface area contributed by atoms with Crippen LogP contribution in [0.4, 0.5) is 0 Å². The highest BCUT2D eigenvalue weighted by Crippen LogP contribution is 2.51. The summed E-state index contributed by atoms with van der Waals surface area (Å²) in [5.74, 6) is 1.42. The minimum Gasteiger partial charge on any atom is -0.478 e. The molecule has 1 aromatic heterocycles. The van der Waals surface area contributed by atoms with Crippen molar-refractivity contribution < 1.29 is 14.5 Å². The molecule has 0 saturated heterocycles. The first kappa shape index (κ1) is 13.9. The minimum absolute atomic E-state index is 0.341. The molecule has 0 aliphatic heterocycles. The summed E-state index contributed by atoms with van der Waals surface area (Å²) in [6.45, 7) is 4.15. The van der Waals surface area contributed by atoms with E-state index in [1.807, 2.05) is 6.92 Å². The van der Waals surface area contributed by atoms with E-state index in [1.165, 1.54) is 0 Å². The Morgan fingerprint density at radius 2 is 2.19 bits per heavy atom. The van der Waals surface area contributed by atoms with Crippen LogP contribution in [0, 0.1) is 6.92 Å². The van der Waals surface area contributed by atoms with Gasteiger partial charge in [-0.15, -0.1) is 0 Å². The molecule has 8 heteroatoms. The number of hydrogen-bond acceptors (Lipinski definition) is 5. The van der Waals surface area contributed by atoms with E-state index < -0.39 is 5.69 Å². The molecule has 0 radical (unpaired) electrons. The molecule has 0 atom stereocenters. The lowest BCUT2D eigenvalue weighted by molar-refractivity contribution is 0.325. The van der Waals surface area contributed by atoms with E-state index in [0.29, 0.717) is 29.8 Å². The van der Waals surface area contributed by atoms with E-state index in [0.717, 1.165) is 11.4 Å². The topological polar surface area (TPSA) is 75.5 Å². The summed E-state index contributed by atoms with van der Waals surface area (Å²) < 4.78 is 5.26. The predicted octanol–water partition coefficient (Wildman–Crippen LogP) is 1.63. The van der Waals surface area contributed by atoms with Crippen LogP contribution in [0.25, 0.3) is 0 Å². The highest BCUT2D eigenvalue weighted by molar-refractivity contribution is 8.67. The SMILES string of the molecule is CCOc1cc(CSP(O)(O)=S)nc(C)n1. The number of ether oxygens (including phenoxy) is 1. The van der Waals surface area contributed by atoms with Crippen LogP contribution >= 0.6 is 17.1 Å². The largest absolute Gasteiger partial charge is 0.478 e. The molecule has 16 heavy (non-hydrogen) atoms. The lowest BCUT2D eigenvalue weighted by atomic mass is 10.4. The van der Waals surface area contributed by atoms with Gasteiger partial charge < -0.3 is 14.5 Å². The summed E-state index contributed by atoms with van der Waals surface area (Å²) in [5.41, 5.74) is -2.55. The molecule has 1 heterocycles. The Morgan fingerprint density at radius 1 is 1.50 bits per heavy atom. The molecule has 0 unspecified atom stereocenters. The van der Waals surface area contributed by atoms with Gasteiger partial charge in [-0.05, 0) is 25.7 Å². The number of nitrogens with zero attached hydrogens (tertiary/aromatic N) is 2. The normalized spacial score (nSPS) is 11.5. The number of aromatic nitrogens is 2. The molecular formula is C8H13N2O3PS2. The Labute approximate surface area is 103 Å². The molecule has 1 rings (SSSR count). The van der Waals surface area contributed by atoms with E-state index in [2.05, 4.69) is 21.8 Å². The van der Waals surface area contributed by atoms with Gasteiger partial charge in [0.2, 0.25) is 11.6 Å². The molecule has 0 amide bonds. The van der Waals surface area contributed by atoms with Gasteiger partial charge in [-0.3, -0.25) is 0 Å². The third kappa shape index (κ3) is 5.23. The Morgan fingerprint density at radius 3 is 2.75 bits per heavy atom. The Balaban J connectivity index is 2.76. The summed E-state index contributed by atoms with van der Waals surface area (Å²) in [6, 6.07) is 1.68. The maximum absolute atomic E-state index is 9.09. The molecule has 90 valence electrons. The van der Waals surface area contributed by atoms with E-state index >= 15 is 0 Å². The second-order valence-electron chi connectivity index (χ2n) is 2.94. The van der Waals surface area contributed by atoms with Crippen molar-refractivity contribution in [2.24, 2.45) is 0 Å². The van der Waals surface area contributed by atoms with Crippen LogP contribution in [-0.4, -0.2) is 26.4 Å². The van der Waals surface area contributed by atoms with Crippen molar-refractivity contribution in [3.8, 4) is 5.88 Å². The third-order valence-electron chi connectivity index (χ3n) is 1.54. The van der Waals surface area contributed by atoms with Crippen LogP contribution in [0.3, 0.4) is 0 Å². The third-order valence-corrected chi connectivity index (χ3v) is 4.65. The summed E-state index contributed by atoms with van der Waals surface area (Å²) >= 11 is 5.42. The fourth-order valence-electron chi connectivity index (χ4n) is 1.05. The fraction of sp³-hybridized carbons (Fsp3) is 0.500. The summed E-state index contributed by atoms with van der Waals surface area (Å²) in [7, 11) is 0. The van der Waals surface area contributed by atoms with Crippen molar-refractivity contribution in [2.45, 2.75) is 19.6 Å². The monoisotopic (exact) mass is 280 g/mol. The van der Waals surface area contributed by atoms with Crippen LogP contribution in [0.2, 0.25) is 0 Å². The van der Waals surface area contributed by atoms with Crippen LogP contribution in [0.1, 0.15) is 18.4 Å². The van der Waals surface area contributed by atoms with Crippen LogP contribution in [0.5, 0.6) is 5.88 Å². The first-order valence-corrected chi connectivity index (χ1v) is 8.88. The van der Waals surface area contributed by atoms with Crippen LogP contribution in [0.15, 0.2) is 6.07 Å². The van der Waals surface area contributed by atoms with Crippen molar-refractivity contribution in [2.75, 3.05) is 6.61 Å². The zero-order chi connectivity index (χ0) is 12.2. The molecule has 0 aliphatic rings. The molecule has 0 saturated carbocycles. The van der Waals surface area contributed by atoms with Gasteiger partial charge in [-0.1, -0.05) is 11.4 Å². The molecule has 0 aliphatic carbocycles. The molecule has 1 aromatic rings. The van der Waals surface area contributed by atoms with Crippen LogP contribution < -0.4 is 4.74 Å². The highest BCUT2D eigenvalue weighted by atomic mass is 32.9. The zero-order valence-corrected chi connectivity index (χ0v) is 11.5. The van der Waals surface area contributed by atoms with Crippen molar-refractivity contribution in [3.05, 3.63) is 17.6 Å². The number of hydrogen-bond donors (Lipinski definition) is 2. The highest BCUT2D eigenvalue weighted by Gasteiger charge is 2.10. The summed E-state index contributed by atoms with van der Waals surface area (Å²) in [4.78, 5) is 26.4. The lowest BCUT2D eigenvalue weighted by Gasteiger charge is -2.08. The van der Waals surface area contributed by atoms with Gasteiger partial charge in [-0.2, -0.15) is 4.98 Å². The van der Waals surface area contributed by atoms with E-state index in [9.17, 15) is 0 Å². The first-order valence-electron chi connectivity index (χ1n) is 4.58. The fourth-order valence-corrected chi connectivity index (χ4v) is 2.87. The summed E-state index contributed by atoms with van der Waals surface area (Å²) in [5, 5.41) is 0. The number of aryl methyl sites for hydroxylation is 1. The van der Waals surface area contributed by atoms with Gasteiger partial charge >= 0.3 is 0 Å². The van der Waals surface area contributed by atoms with Gasteiger partial charge in [0.25, 0.3) is 0 Å². The maximum atomic E-state index is 9.09. The van der Waals surface area contributed by atoms with E-state index in [4.69, 9.17) is 14.5 Å². The molecule has 0 bridgehead atoms. The molecule has 0 spiro atoms. The van der Waals surface area contributed by atoms with Crippen LogP contribution in [-0.2, 0) is 17.6 Å². The quantitative estimate of drug-likeness (QED) is 0.794. The van der Waals surface area contributed by atoms with Gasteiger partial charge in [-0.25, -0.2) is 4.98 Å². The Bertz CT molecular complexity index is 410. The second-order valence-corrected chi connectivity index (χ2v) is 8.99. The van der Waals surface area contributed by atoms with Gasteiger partial charge in [0.15, 0.2) is 0 Å². The van der Waals surface area contributed by atoms with Gasteiger partial charge in [0.1, 0.15) is 5.82 Å². The minimum atomic E-state index is -3.23. The Hall–Kier alpha value is -0.200. The van der Waals surface area contributed by atoms with Crippen molar-refractivity contribution >= 4 is 28.9 Å². The predicted molar refractivity (Wildman–Crippen MR) is 68.0 cm³/mol. The first-order chi connectivity index (χ1) is 7.40. The van der Waals surface area contributed by atoms with Crippen molar-refractivity contribution in [1.82, 2.24) is 9.97 Å².